The van der Waals surface area contributed by atoms with E-state index in [2.05, 4.69) is 5.32 Å². The number of hydrogen-bond acceptors (Lipinski definition) is 4. The van der Waals surface area contributed by atoms with Gasteiger partial charge in [0.1, 0.15) is 18.4 Å². The summed E-state index contributed by atoms with van der Waals surface area (Å²) in [7, 11) is -4.32. The molecule has 0 bridgehead atoms. The van der Waals surface area contributed by atoms with Gasteiger partial charge < -0.3 is 10.2 Å². The third-order valence-corrected chi connectivity index (χ3v) is 8.19. The highest BCUT2D eigenvalue weighted by Gasteiger charge is 2.33. The molecule has 3 aromatic rings. The van der Waals surface area contributed by atoms with Gasteiger partial charge in [0.25, 0.3) is 10.0 Å². The van der Waals surface area contributed by atoms with Crippen LogP contribution >= 0.6 is 11.6 Å². The molecule has 0 heterocycles. The second kappa shape index (κ2) is 12.9. The van der Waals surface area contributed by atoms with Crippen LogP contribution in [0.15, 0.2) is 83.8 Å². The maximum atomic E-state index is 14.9. The first-order valence-electron chi connectivity index (χ1n) is 12.2. The predicted molar refractivity (Wildman–Crippen MR) is 147 cm³/mol. The zero-order valence-corrected chi connectivity index (χ0v) is 23.0. The first-order valence-corrected chi connectivity index (χ1v) is 14.0. The fourth-order valence-electron chi connectivity index (χ4n) is 3.72. The topological polar surface area (TPSA) is 86.8 Å². The number of amides is 2. The minimum atomic E-state index is -4.32. The number of rotatable bonds is 11. The molecule has 0 aliphatic rings. The number of sulfonamides is 1. The molecule has 202 valence electrons. The molecule has 2 atom stereocenters. The van der Waals surface area contributed by atoms with Crippen molar-refractivity contribution in [3.8, 4) is 0 Å². The Labute approximate surface area is 228 Å². The van der Waals surface area contributed by atoms with E-state index in [0.29, 0.717) is 17.0 Å². The van der Waals surface area contributed by atoms with Crippen molar-refractivity contribution >= 4 is 39.1 Å². The molecule has 2 amide bonds. The Bertz CT molecular complexity index is 1350. The number of hydrogen-bond donors (Lipinski definition) is 1. The quantitative estimate of drug-likeness (QED) is 0.358. The molecule has 38 heavy (non-hydrogen) atoms. The Kier molecular flexibility index (Phi) is 9.88. The van der Waals surface area contributed by atoms with Crippen LogP contribution in [0.5, 0.6) is 0 Å². The van der Waals surface area contributed by atoms with E-state index in [1.807, 2.05) is 13.8 Å². The van der Waals surface area contributed by atoms with Crippen LogP contribution in [0.3, 0.4) is 0 Å². The molecular formula is C28H31ClFN3O4S. The Balaban J connectivity index is 2.02. The van der Waals surface area contributed by atoms with E-state index in [1.165, 1.54) is 35.2 Å². The number of carbonyl (C=O) groups is 2. The van der Waals surface area contributed by atoms with Crippen LogP contribution in [0.1, 0.15) is 32.8 Å². The first-order chi connectivity index (χ1) is 18.0. The lowest BCUT2D eigenvalue weighted by molar-refractivity contribution is -0.139. The van der Waals surface area contributed by atoms with Gasteiger partial charge in [-0.1, -0.05) is 61.0 Å². The zero-order valence-electron chi connectivity index (χ0n) is 21.5. The van der Waals surface area contributed by atoms with Crippen LogP contribution in [0.2, 0.25) is 5.02 Å². The van der Waals surface area contributed by atoms with Gasteiger partial charge in [-0.15, -0.1) is 0 Å². The van der Waals surface area contributed by atoms with E-state index < -0.39 is 34.3 Å². The van der Waals surface area contributed by atoms with Crippen LogP contribution in [0, 0.1) is 5.82 Å². The van der Waals surface area contributed by atoms with Gasteiger partial charge in [0.15, 0.2) is 0 Å². The lowest BCUT2D eigenvalue weighted by Crippen LogP contribution is -2.52. The van der Waals surface area contributed by atoms with Crippen molar-refractivity contribution < 1.29 is 22.4 Å². The van der Waals surface area contributed by atoms with Gasteiger partial charge in [-0.25, -0.2) is 12.8 Å². The van der Waals surface area contributed by atoms with Gasteiger partial charge >= 0.3 is 0 Å². The highest BCUT2D eigenvalue weighted by Crippen LogP contribution is 2.27. The highest BCUT2D eigenvalue weighted by atomic mass is 35.5. The number of nitrogens with zero attached hydrogens (tertiary/aromatic N) is 2. The molecule has 0 radical (unpaired) electrons. The molecule has 0 unspecified atom stereocenters. The summed E-state index contributed by atoms with van der Waals surface area (Å²) in [6.07, 6.45) is 0.694. The van der Waals surface area contributed by atoms with Crippen LogP contribution < -0.4 is 9.62 Å². The molecule has 10 heteroatoms. The number of para-hydroxylation sites is 1. The second-order valence-electron chi connectivity index (χ2n) is 8.92. The summed E-state index contributed by atoms with van der Waals surface area (Å²) in [6, 6.07) is 18.5. The molecule has 0 fully saturated rings. The van der Waals surface area contributed by atoms with Crippen LogP contribution in [-0.4, -0.2) is 43.8 Å². The van der Waals surface area contributed by atoms with Crippen molar-refractivity contribution in [3.63, 3.8) is 0 Å². The molecule has 0 spiro atoms. The van der Waals surface area contributed by atoms with E-state index in [4.69, 9.17) is 11.6 Å². The fourth-order valence-corrected chi connectivity index (χ4v) is 5.29. The second-order valence-corrected chi connectivity index (χ2v) is 11.2. The number of nitrogens with one attached hydrogen (secondary N) is 1. The SMILES string of the molecule is CC[C@@H](C)NC(=O)[C@H](C)N(Cc1ccc(Cl)cc1)C(=O)CN(c1ccccc1F)S(=O)(=O)c1ccccc1. The smallest absolute Gasteiger partial charge is 0.264 e. The van der Waals surface area contributed by atoms with E-state index in [9.17, 15) is 22.4 Å². The number of halogens is 2. The molecule has 0 aliphatic heterocycles. The summed E-state index contributed by atoms with van der Waals surface area (Å²) >= 11 is 6.00. The van der Waals surface area contributed by atoms with Crippen molar-refractivity contribution in [2.75, 3.05) is 10.8 Å². The third-order valence-electron chi connectivity index (χ3n) is 6.17. The largest absolute Gasteiger partial charge is 0.352 e. The average molecular weight is 560 g/mol. The fraction of sp³-hybridized carbons (Fsp3) is 0.286. The lowest BCUT2D eigenvalue weighted by Gasteiger charge is -2.32. The monoisotopic (exact) mass is 559 g/mol. The number of carbonyl (C=O) groups excluding carboxylic acids is 2. The van der Waals surface area contributed by atoms with Crippen molar-refractivity contribution in [3.05, 3.63) is 95.3 Å². The van der Waals surface area contributed by atoms with Gasteiger partial charge in [0.05, 0.1) is 10.6 Å². The predicted octanol–water partition coefficient (Wildman–Crippen LogP) is 5.01. The minimum absolute atomic E-state index is 0.0155. The lowest BCUT2D eigenvalue weighted by atomic mass is 10.1. The number of anilines is 1. The Morgan fingerprint density at radius 2 is 1.55 bits per heavy atom. The van der Waals surface area contributed by atoms with Crippen molar-refractivity contribution in [1.29, 1.82) is 0 Å². The molecule has 7 nitrogen and oxygen atoms in total. The molecule has 1 N–H and O–H groups in total. The first kappa shape index (κ1) is 29.1. The van der Waals surface area contributed by atoms with E-state index in [1.54, 1.807) is 49.4 Å². The summed E-state index contributed by atoms with van der Waals surface area (Å²) in [5.41, 5.74) is 0.419. The molecule has 0 aromatic heterocycles. The molecule has 3 rings (SSSR count). The van der Waals surface area contributed by atoms with Gasteiger partial charge in [-0.3, -0.25) is 13.9 Å². The molecular weight excluding hydrogens is 529 g/mol. The molecule has 3 aromatic carbocycles. The Morgan fingerprint density at radius 1 is 0.947 bits per heavy atom. The zero-order chi connectivity index (χ0) is 27.9. The summed E-state index contributed by atoms with van der Waals surface area (Å²) < 4.78 is 42.9. The van der Waals surface area contributed by atoms with Crippen molar-refractivity contribution in [2.24, 2.45) is 0 Å². The Hall–Kier alpha value is -3.43. The van der Waals surface area contributed by atoms with Gasteiger partial charge in [-0.2, -0.15) is 0 Å². The summed E-state index contributed by atoms with van der Waals surface area (Å²) in [5.74, 6) is -1.86. The normalized spacial score (nSPS) is 12.9. The standard InChI is InChI=1S/C28H31ClFN3O4S/c1-4-20(2)31-28(35)21(3)32(18-22-14-16-23(29)17-15-22)27(34)19-33(26-13-9-8-12-25(26)30)38(36,37)24-10-6-5-7-11-24/h5-17,20-21H,4,18-19H2,1-3H3,(H,31,35)/t20-,21+/m1/s1. The summed E-state index contributed by atoms with van der Waals surface area (Å²) in [4.78, 5) is 28.0. The minimum Gasteiger partial charge on any atom is -0.352 e. The van der Waals surface area contributed by atoms with Crippen molar-refractivity contribution in [2.45, 2.75) is 50.7 Å². The maximum Gasteiger partial charge on any atom is 0.264 e. The number of benzene rings is 3. The van der Waals surface area contributed by atoms with Gasteiger partial charge in [-0.05, 0) is 62.2 Å². The van der Waals surface area contributed by atoms with E-state index in [-0.39, 0.29) is 29.1 Å². The van der Waals surface area contributed by atoms with Gasteiger partial charge in [0, 0.05) is 17.6 Å². The van der Waals surface area contributed by atoms with E-state index >= 15 is 0 Å². The maximum absolute atomic E-state index is 14.9. The van der Waals surface area contributed by atoms with Gasteiger partial charge in [0.2, 0.25) is 11.8 Å². The van der Waals surface area contributed by atoms with Crippen LogP contribution in [-0.2, 0) is 26.2 Å². The molecule has 0 saturated carbocycles. The molecule has 0 saturated heterocycles. The Morgan fingerprint density at radius 3 is 2.16 bits per heavy atom. The van der Waals surface area contributed by atoms with Crippen LogP contribution in [0.4, 0.5) is 10.1 Å². The highest BCUT2D eigenvalue weighted by molar-refractivity contribution is 7.92. The van der Waals surface area contributed by atoms with E-state index in [0.717, 1.165) is 10.4 Å². The van der Waals surface area contributed by atoms with Crippen LogP contribution in [0.25, 0.3) is 0 Å². The third kappa shape index (κ3) is 7.11. The summed E-state index contributed by atoms with van der Waals surface area (Å²) in [6.45, 7) is 4.65. The summed E-state index contributed by atoms with van der Waals surface area (Å²) in [5, 5.41) is 3.37. The average Bonchev–Trinajstić information content (AvgIpc) is 2.91. The molecule has 0 aliphatic carbocycles. The van der Waals surface area contributed by atoms with Crippen molar-refractivity contribution in [1.82, 2.24) is 10.2 Å².